The van der Waals surface area contributed by atoms with Crippen LogP contribution < -0.4 is 10.6 Å². The molecule has 188 valence electrons. The Morgan fingerprint density at radius 2 is 2.05 bits per heavy atom. The second-order valence-electron chi connectivity index (χ2n) is 9.26. The van der Waals surface area contributed by atoms with Gasteiger partial charge in [-0.2, -0.15) is 0 Å². The number of carbonyl (C=O) groups excluding carboxylic acids is 1. The zero-order valence-electron chi connectivity index (χ0n) is 21.3. The fourth-order valence-corrected chi connectivity index (χ4v) is 5.61. The SMILES string of the molecule is CCc1cccc2c1N1CCc3cc(C(C=NC)=CN)ccc3C1c1c(F)cc(/C=C/C(=O)OC)cc1-2. The van der Waals surface area contributed by atoms with E-state index in [0.29, 0.717) is 11.1 Å². The van der Waals surface area contributed by atoms with Crippen molar-refractivity contribution in [2.24, 2.45) is 10.7 Å². The van der Waals surface area contributed by atoms with Crippen molar-refractivity contribution in [3.8, 4) is 11.1 Å². The predicted molar refractivity (Wildman–Crippen MR) is 148 cm³/mol. The molecule has 0 saturated carbocycles. The summed E-state index contributed by atoms with van der Waals surface area (Å²) in [4.78, 5) is 18.2. The molecule has 2 heterocycles. The molecule has 2 aliphatic heterocycles. The fraction of sp³-hybridized carbons (Fsp3) is 0.226. The number of ether oxygens (including phenoxy) is 1. The molecular formula is C31H30FN3O2. The lowest BCUT2D eigenvalue weighted by Gasteiger charge is -2.45. The third kappa shape index (κ3) is 4.22. The van der Waals surface area contributed by atoms with Gasteiger partial charge in [0.15, 0.2) is 0 Å². The second kappa shape index (κ2) is 10.1. The number of nitrogens with zero attached hydrogens (tertiary/aromatic N) is 2. The molecule has 6 heteroatoms. The van der Waals surface area contributed by atoms with Gasteiger partial charge >= 0.3 is 5.97 Å². The van der Waals surface area contributed by atoms with E-state index in [1.54, 1.807) is 25.5 Å². The van der Waals surface area contributed by atoms with E-state index in [0.717, 1.165) is 52.9 Å². The number of hydrogen-bond donors (Lipinski definition) is 1. The summed E-state index contributed by atoms with van der Waals surface area (Å²) < 4.78 is 20.7. The highest BCUT2D eigenvalue weighted by atomic mass is 19.1. The van der Waals surface area contributed by atoms with Gasteiger partial charge in [-0.3, -0.25) is 4.99 Å². The molecule has 0 radical (unpaired) electrons. The van der Waals surface area contributed by atoms with Crippen molar-refractivity contribution in [2.45, 2.75) is 25.8 Å². The summed E-state index contributed by atoms with van der Waals surface area (Å²) in [6, 6.07) is 15.8. The van der Waals surface area contributed by atoms with Gasteiger partial charge in [0.1, 0.15) is 5.82 Å². The summed E-state index contributed by atoms with van der Waals surface area (Å²) in [5, 5.41) is 0. The van der Waals surface area contributed by atoms with Crippen LogP contribution in [0.15, 0.2) is 65.8 Å². The minimum Gasteiger partial charge on any atom is -0.466 e. The Balaban J connectivity index is 1.72. The van der Waals surface area contributed by atoms with Crippen LogP contribution in [0.5, 0.6) is 0 Å². The van der Waals surface area contributed by atoms with Crippen LogP contribution in [0, 0.1) is 5.82 Å². The van der Waals surface area contributed by atoms with Crippen LogP contribution in [0.3, 0.4) is 0 Å². The Kier molecular flexibility index (Phi) is 6.66. The van der Waals surface area contributed by atoms with E-state index in [-0.39, 0.29) is 11.9 Å². The number of aryl methyl sites for hydroxylation is 1. The molecule has 37 heavy (non-hydrogen) atoms. The van der Waals surface area contributed by atoms with Crippen molar-refractivity contribution in [1.82, 2.24) is 0 Å². The molecule has 5 rings (SSSR count). The van der Waals surface area contributed by atoms with Crippen molar-refractivity contribution >= 4 is 29.5 Å². The first-order valence-electron chi connectivity index (χ1n) is 12.5. The Hall–Kier alpha value is -4.19. The van der Waals surface area contributed by atoms with Crippen molar-refractivity contribution in [2.75, 3.05) is 25.6 Å². The Labute approximate surface area is 216 Å². The molecule has 0 aliphatic carbocycles. The van der Waals surface area contributed by atoms with E-state index in [9.17, 15) is 4.79 Å². The van der Waals surface area contributed by atoms with Crippen molar-refractivity contribution < 1.29 is 13.9 Å². The van der Waals surface area contributed by atoms with Gasteiger partial charge in [-0.15, -0.1) is 0 Å². The number of halogens is 1. The van der Waals surface area contributed by atoms with Gasteiger partial charge in [0, 0.05) is 54.5 Å². The first-order valence-corrected chi connectivity index (χ1v) is 12.5. The number of esters is 1. The monoisotopic (exact) mass is 495 g/mol. The predicted octanol–water partition coefficient (Wildman–Crippen LogP) is 5.71. The Bertz CT molecular complexity index is 1470. The molecule has 1 unspecified atom stereocenters. The number of para-hydroxylation sites is 1. The average Bonchev–Trinajstić information content (AvgIpc) is 2.93. The van der Waals surface area contributed by atoms with Crippen LogP contribution in [0.25, 0.3) is 22.8 Å². The first-order chi connectivity index (χ1) is 18.0. The number of nitrogens with two attached hydrogens (primary N) is 1. The molecule has 0 saturated heterocycles. The summed E-state index contributed by atoms with van der Waals surface area (Å²) in [5.74, 6) is -0.767. The molecule has 5 nitrogen and oxygen atoms in total. The topological polar surface area (TPSA) is 67.9 Å². The number of aliphatic imine (C=N–C) groups is 1. The van der Waals surface area contributed by atoms with E-state index in [1.807, 2.05) is 18.2 Å². The third-order valence-electron chi connectivity index (χ3n) is 7.27. The summed E-state index contributed by atoms with van der Waals surface area (Å²) >= 11 is 0. The van der Waals surface area contributed by atoms with Crippen LogP contribution in [0.2, 0.25) is 0 Å². The van der Waals surface area contributed by atoms with E-state index < -0.39 is 5.97 Å². The number of fused-ring (bicyclic) bond motifs is 8. The van der Waals surface area contributed by atoms with Gasteiger partial charge in [0.25, 0.3) is 0 Å². The second-order valence-corrected chi connectivity index (χ2v) is 9.26. The molecule has 0 amide bonds. The molecule has 2 aliphatic rings. The summed E-state index contributed by atoms with van der Waals surface area (Å²) in [6.07, 6.45) is 7.95. The lowest BCUT2D eigenvalue weighted by atomic mass is 9.78. The lowest BCUT2D eigenvalue weighted by molar-refractivity contribution is -0.134. The quantitative estimate of drug-likeness (QED) is 0.280. The minimum absolute atomic E-state index is 0.253. The standard InChI is InChI=1S/C31H30FN3O2/c1-4-20-6-5-7-25-26-14-19(8-11-28(36)37-3)15-27(32)29(26)31-24-10-9-21(23(17-33)18-34-2)16-22(24)12-13-35(31)30(20)25/h5-11,14-18,31H,4,12-13,33H2,1-3H3/b11-8+,23-17?,34-18?. The van der Waals surface area contributed by atoms with Gasteiger partial charge in [0.2, 0.25) is 0 Å². The summed E-state index contributed by atoms with van der Waals surface area (Å²) in [5.41, 5.74) is 15.5. The van der Waals surface area contributed by atoms with E-state index >= 15 is 4.39 Å². The smallest absolute Gasteiger partial charge is 0.330 e. The molecule has 0 aromatic heterocycles. The number of hydrogen-bond acceptors (Lipinski definition) is 5. The lowest BCUT2D eigenvalue weighted by Crippen LogP contribution is -2.40. The van der Waals surface area contributed by atoms with Gasteiger partial charge in [-0.1, -0.05) is 43.3 Å². The molecule has 2 N–H and O–H groups in total. The zero-order chi connectivity index (χ0) is 26.1. The minimum atomic E-state index is -0.478. The van der Waals surface area contributed by atoms with Crippen LogP contribution in [0.4, 0.5) is 10.1 Å². The molecule has 3 aromatic rings. The van der Waals surface area contributed by atoms with Crippen molar-refractivity contribution in [3.05, 3.63) is 100 Å². The van der Waals surface area contributed by atoms with Crippen LogP contribution in [-0.2, 0) is 22.4 Å². The van der Waals surface area contributed by atoms with Crippen molar-refractivity contribution in [1.29, 1.82) is 0 Å². The molecule has 0 bridgehead atoms. The van der Waals surface area contributed by atoms with Crippen LogP contribution in [0.1, 0.15) is 46.3 Å². The maximum Gasteiger partial charge on any atom is 0.330 e. The number of rotatable bonds is 5. The highest BCUT2D eigenvalue weighted by Crippen LogP contribution is 2.52. The zero-order valence-corrected chi connectivity index (χ0v) is 21.3. The van der Waals surface area contributed by atoms with Gasteiger partial charge in [-0.25, -0.2) is 9.18 Å². The number of methoxy groups -OCH3 is 1. The molecule has 1 atom stereocenters. The summed E-state index contributed by atoms with van der Waals surface area (Å²) in [6.45, 7) is 2.92. The fourth-order valence-electron chi connectivity index (χ4n) is 5.61. The normalized spacial score (nSPS) is 16.4. The van der Waals surface area contributed by atoms with E-state index in [2.05, 4.69) is 41.1 Å². The Morgan fingerprint density at radius 1 is 1.22 bits per heavy atom. The van der Waals surface area contributed by atoms with Crippen LogP contribution in [-0.4, -0.2) is 32.9 Å². The van der Waals surface area contributed by atoms with E-state index in [1.165, 1.54) is 30.4 Å². The largest absolute Gasteiger partial charge is 0.466 e. The van der Waals surface area contributed by atoms with Crippen LogP contribution >= 0.6 is 0 Å². The Morgan fingerprint density at radius 3 is 2.78 bits per heavy atom. The highest BCUT2D eigenvalue weighted by molar-refractivity contribution is 6.09. The first kappa shape index (κ1) is 24.5. The highest BCUT2D eigenvalue weighted by Gasteiger charge is 2.39. The number of allylic oxidation sites excluding steroid dienone is 1. The molecule has 0 fully saturated rings. The third-order valence-corrected chi connectivity index (χ3v) is 7.27. The van der Waals surface area contributed by atoms with E-state index in [4.69, 9.17) is 10.5 Å². The molecular weight excluding hydrogens is 465 g/mol. The van der Waals surface area contributed by atoms with Gasteiger partial charge in [0.05, 0.1) is 13.2 Å². The van der Waals surface area contributed by atoms with Crippen molar-refractivity contribution in [3.63, 3.8) is 0 Å². The molecule has 0 spiro atoms. The number of carbonyl (C=O) groups is 1. The van der Waals surface area contributed by atoms with Gasteiger partial charge < -0.3 is 15.4 Å². The maximum absolute atomic E-state index is 16.0. The number of anilines is 1. The maximum atomic E-state index is 16.0. The summed E-state index contributed by atoms with van der Waals surface area (Å²) in [7, 11) is 3.05. The molecule has 3 aromatic carbocycles. The van der Waals surface area contributed by atoms with Gasteiger partial charge in [-0.05, 0) is 64.4 Å². The number of benzene rings is 3. The average molecular weight is 496 g/mol.